The predicted octanol–water partition coefficient (Wildman–Crippen LogP) is 4.58. The molecule has 0 radical (unpaired) electrons. The van der Waals surface area contributed by atoms with Crippen LogP contribution in [0.25, 0.3) is 0 Å². The number of benzene rings is 3. The molecule has 0 aliphatic heterocycles. The first-order valence-corrected chi connectivity index (χ1v) is 10.7. The van der Waals surface area contributed by atoms with Gasteiger partial charge in [-0.1, -0.05) is 83.9 Å². The van der Waals surface area contributed by atoms with Crippen LogP contribution in [0.15, 0.2) is 78.9 Å². The molecule has 0 fully saturated rings. The highest BCUT2D eigenvalue weighted by Crippen LogP contribution is 2.18. The molecular weight excluding hydrogens is 408 g/mol. The first kappa shape index (κ1) is 22.6. The summed E-state index contributed by atoms with van der Waals surface area (Å²) in [6, 6.07) is 24.4. The first-order chi connectivity index (χ1) is 15.0. The van der Waals surface area contributed by atoms with Crippen molar-refractivity contribution in [2.75, 3.05) is 7.05 Å². The normalized spacial score (nSPS) is 11.6. The lowest BCUT2D eigenvalue weighted by Gasteiger charge is -2.31. The highest BCUT2D eigenvalue weighted by Gasteiger charge is 2.29. The molecule has 0 bridgehead atoms. The molecule has 31 heavy (non-hydrogen) atoms. The number of nitrogens with zero attached hydrogens (tertiary/aromatic N) is 1. The smallest absolute Gasteiger partial charge is 0.242 e. The molecule has 3 aromatic carbocycles. The molecule has 2 amide bonds. The van der Waals surface area contributed by atoms with Gasteiger partial charge in [-0.3, -0.25) is 9.59 Å². The summed E-state index contributed by atoms with van der Waals surface area (Å²) in [5, 5.41) is 3.36. The Labute approximate surface area is 188 Å². The Morgan fingerprint density at radius 3 is 2.10 bits per heavy atom. The van der Waals surface area contributed by atoms with Crippen molar-refractivity contribution in [3.05, 3.63) is 106 Å². The summed E-state index contributed by atoms with van der Waals surface area (Å²) in [7, 11) is 1.61. The van der Waals surface area contributed by atoms with Crippen LogP contribution in [0, 0.1) is 6.92 Å². The van der Waals surface area contributed by atoms with Crippen LogP contribution >= 0.6 is 11.6 Å². The van der Waals surface area contributed by atoms with E-state index in [4.69, 9.17) is 11.6 Å². The Hall–Kier alpha value is -3.11. The third kappa shape index (κ3) is 6.43. The van der Waals surface area contributed by atoms with Crippen LogP contribution in [0.5, 0.6) is 0 Å². The molecule has 0 heterocycles. The summed E-state index contributed by atoms with van der Waals surface area (Å²) in [5.74, 6) is -0.284. The zero-order chi connectivity index (χ0) is 22.2. The van der Waals surface area contributed by atoms with E-state index in [9.17, 15) is 9.59 Å². The molecule has 0 saturated heterocycles. The van der Waals surface area contributed by atoms with Crippen LogP contribution in [0.2, 0.25) is 5.02 Å². The number of nitrogens with one attached hydrogen (secondary N) is 1. The van der Waals surface area contributed by atoms with Crippen LogP contribution in [0.1, 0.15) is 22.3 Å². The molecule has 0 aliphatic rings. The van der Waals surface area contributed by atoms with Crippen LogP contribution < -0.4 is 5.32 Å². The second kappa shape index (κ2) is 10.8. The highest BCUT2D eigenvalue weighted by atomic mass is 35.5. The molecule has 4 nitrogen and oxygen atoms in total. The lowest BCUT2D eigenvalue weighted by atomic mass is 10.0. The quantitative estimate of drug-likeness (QED) is 0.564. The van der Waals surface area contributed by atoms with Crippen molar-refractivity contribution in [2.24, 2.45) is 0 Å². The van der Waals surface area contributed by atoms with Crippen molar-refractivity contribution < 1.29 is 9.59 Å². The number of likely N-dealkylation sites (N-methyl/N-ethyl adjacent to an activating group) is 1. The number of carbonyl (C=O) groups excluding carboxylic acids is 2. The molecule has 1 atom stereocenters. The average Bonchev–Trinajstić information content (AvgIpc) is 2.79. The fourth-order valence-corrected chi connectivity index (χ4v) is 3.62. The Kier molecular flexibility index (Phi) is 7.85. The van der Waals surface area contributed by atoms with Gasteiger partial charge in [0.05, 0.1) is 6.42 Å². The molecular formula is C26H27ClN2O2. The predicted molar refractivity (Wildman–Crippen MR) is 125 cm³/mol. The second-order valence-corrected chi connectivity index (χ2v) is 8.07. The standard InChI is InChI=1S/C26H27ClN2O2/c1-19-8-10-22(11-9-19)18-29(25(30)17-21-12-14-23(27)15-13-21)24(26(31)28-2)16-20-6-4-3-5-7-20/h3-15,24H,16-18H2,1-2H3,(H,28,31)/t24-/m0/s1. The van der Waals surface area contributed by atoms with Gasteiger partial charge in [0.15, 0.2) is 0 Å². The van der Waals surface area contributed by atoms with Gasteiger partial charge in [-0.15, -0.1) is 0 Å². The van der Waals surface area contributed by atoms with E-state index in [0.29, 0.717) is 18.0 Å². The molecule has 160 valence electrons. The molecule has 0 unspecified atom stereocenters. The number of hydrogen-bond donors (Lipinski definition) is 1. The van der Waals surface area contributed by atoms with Crippen molar-refractivity contribution in [3.8, 4) is 0 Å². The van der Waals surface area contributed by atoms with Gasteiger partial charge in [0.1, 0.15) is 6.04 Å². The van der Waals surface area contributed by atoms with E-state index < -0.39 is 6.04 Å². The van der Waals surface area contributed by atoms with Gasteiger partial charge in [0.2, 0.25) is 11.8 Å². The monoisotopic (exact) mass is 434 g/mol. The van der Waals surface area contributed by atoms with Crippen LogP contribution in [-0.2, 0) is 29.0 Å². The third-order valence-corrected chi connectivity index (χ3v) is 5.51. The Balaban J connectivity index is 1.92. The molecule has 0 spiro atoms. The minimum Gasteiger partial charge on any atom is -0.357 e. The maximum atomic E-state index is 13.4. The fourth-order valence-electron chi connectivity index (χ4n) is 3.49. The van der Waals surface area contributed by atoms with Gasteiger partial charge in [0.25, 0.3) is 0 Å². The van der Waals surface area contributed by atoms with Gasteiger partial charge in [0, 0.05) is 25.0 Å². The number of carbonyl (C=O) groups is 2. The Bertz CT molecular complexity index is 1000. The zero-order valence-corrected chi connectivity index (χ0v) is 18.6. The van der Waals surface area contributed by atoms with E-state index in [1.165, 1.54) is 0 Å². The Morgan fingerprint density at radius 2 is 1.48 bits per heavy atom. The first-order valence-electron chi connectivity index (χ1n) is 10.3. The van der Waals surface area contributed by atoms with E-state index in [2.05, 4.69) is 5.32 Å². The van der Waals surface area contributed by atoms with E-state index in [-0.39, 0.29) is 18.2 Å². The number of halogens is 1. The summed E-state index contributed by atoms with van der Waals surface area (Å²) >= 11 is 5.98. The lowest BCUT2D eigenvalue weighted by Crippen LogP contribution is -2.50. The second-order valence-electron chi connectivity index (χ2n) is 7.63. The molecule has 0 aromatic heterocycles. The van der Waals surface area contributed by atoms with Crippen molar-refractivity contribution in [3.63, 3.8) is 0 Å². The van der Waals surface area contributed by atoms with E-state index in [1.54, 1.807) is 24.1 Å². The number of amides is 2. The van der Waals surface area contributed by atoms with Gasteiger partial charge in [-0.05, 0) is 35.7 Å². The van der Waals surface area contributed by atoms with Gasteiger partial charge < -0.3 is 10.2 Å². The molecule has 0 saturated carbocycles. The van der Waals surface area contributed by atoms with Crippen LogP contribution in [0.4, 0.5) is 0 Å². The van der Waals surface area contributed by atoms with Crippen LogP contribution in [0.3, 0.4) is 0 Å². The van der Waals surface area contributed by atoms with E-state index in [1.807, 2.05) is 73.7 Å². The van der Waals surface area contributed by atoms with Gasteiger partial charge in [-0.2, -0.15) is 0 Å². The molecule has 3 aromatic rings. The summed E-state index contributed by atoms with van der Waals surface area (Å²) in [6.07, 6.45) is 0.643. The van der Waals surface area contributed by atoms with E-state index in [0.717, 1.165) is 22.3 Å². The number of rotatable bonds is 8. The molecule has 1 N–H and O–H groups in total. The average molecular weight is 435 g/mol. The van der Waals surface area contributed by atoms with Gasteiger partial charge >= 0.3 is 0 Å². The summed E-state index contributed by atoms with van der Waals surface area (Å²) in [5.41, 5.74) is 4.00. The maximum Gasteiger partial charge on any atom is 0.242 e. The van der Waals surface area contributed by atoms with Crippen molar-refractivity contribution in [1.29, 1.82) is 0 Å². The van der Waals surface area contributed by atoms with Gasteiger partial charge in [-0.25, -0.2) is 0 Å². The zero-order valence-electron chi connectivity index (χ0n) is 17.8. The summed E-state index contributed by atoms with van der Waals surface area (Å²) < 4.78 is 0. The van der Waals surface area contributed by atoms with Crippen molar-refractivity contribution in [2.45, 2.75) is 32.4 Å². The minimum atomic E-state index is -0.617. The summed E-state index contributed by atoms with van der Waals surface area (Å²) in [4.78, 5) is 28.0. The lowest BCUT2D eigenvalue weighted by molar-refractivity contribution is -0.140. The number of hydrogen-bond acceptors (Lipinski definition) is 2. The molecule has 3 rings (SSSR count). The summed E-state index contributed by atoms with van der Waals surface area (Å²) in [6.45, 7) is 2.38. The van der Waals surface area contributed by atoms with Crippen molar-refractivity contribution >= 4 is 23.4 Å². The minimum absolute atomic E-state index is 0.104. The number of aryl methyl sites for hydroxylation is 1. The molecule has 0 aliphatic carbocycles. The highest BCUT2D eigenvalue weighted by molar-refractivity contribution is 6.30. The van der Waals surface area contributed by atoms with Crippen LogP contribution in [-0.4, -0.2) is 29.8 Å². The SMILES string of the molecule is CNC(=O)[C@H](Cc1ccccc1)N(Cc1ccc(C)cc1)C(=O)Cc1ccc(Cl)cc1. The molecule has 5 heteroatoms. The maximum absolute atomic E-state index is 13.4. The van der Waals surface area contributed by atoms with Crippen molar-refractivity contribution in [1.82, 2.24) is 10.2 Å². The van der Waals surface area contributed by atoms with E-state index >= 15 is 0 Å². The third-order valence-electron chi connectivity index (χ3n) is 5.26. The fraction of sp³-hybridized carbons (Fsp3) is 0.231. The largest absolute Gasteiger partial charge is 0.357 e. The topological polar surface area (TPSA) is 49.4 Å². The Morgan fingerprint density at radius 1 is 0.871 bits per heavy atom.